The molecule has 4 rings (SSSR count). The van der Waals surface area contributed by atoms with Gasteiger partial charge in [0, 0.05) is 26.2 Å². The summed E-state index contributed by atoms with van der Waals surface area (Å²) in [4.78, 5) is 29.4. The molecule has 0 spiro atoms. The number of carbonyl (C=O) groups excluding carboxylic acids is 2. The fourth-order valence-electron chi connectivity index (χ4n) is 3.69. The van der Waals surface area contributed by atoms with Gasteiger partial charge >= 0.3 is 0 Å². The zero-order chi connectivity index (χ0) is 21.6. The number of hydrogen-bond donors (Lipinski definition) is 0. The second kappa shape index (κ2) is 9.38. The summed E-state index contributed by atoms with van der Waals surface area (Å²) >= 11 is 0. The van der Waals surface area contributed by atoms with Crippen molar-refractivity contribution in [2.45, 2.75) is 12.8 Å². The quantitative estimate of drug-likeness (QED) is 0.622. The topological polar surface area (TPSA) is 93.5 Å². The zero-order valence-electron chi connectivity index (χ0n) is 17.3. The van der Waals surface area contributed by atoms with Gasteiger partial charge in [-0.25, -0.2) is 4.68 Å². The number of aromatic nitrogens is 4. The van der Waals surface area contributed by atoms with E-state index in [0.717, 1.165) is 17.7 Å². The van der Waals surface area contributed by atoms with E-state index in [9.17, 15) is 9.59 Å². The fourth-order valence-corrected chi connectivity index (χ4v) is 3.69. The minimum Gasteiger partial charge on any atom is -0.496 e. The minimum atomic E-state index is -0.0649. The van der Waals surface area contributed by atoms with Crippen LogP contribution in [-0.4, -0.2) is 75.1 Å². The Kier molecular flexibility index (Phi) is 6.21. The van der Waals surface area contributed by atoms with Crippen molar-refractivity contribution in [3.63, 3.8) is 0 Å². The van der Waals surface area contributed by atoms with Crippen LogP contribution < -0.4 is 4.74 Å². The average molecular weight is 420 g/mol. The van der Waals surface area contributed by atoms with Crippen molar-refractivity contribution in [2.24, 2.45) is 0 Å². The van der Waals surface area contributed by atoms with Crippen LogP contribution in [0.5, 0.6) is 5.75 Å². The van der Waals surface area contributed by atoms with Gasteiger partial charge in [0.15, 0.2) is 0 Å². The first kappa shape index (κ1) is 20.5. The Balaban J connectivity index is 1.36. The molecule has 2 aromatic carbocycles. The Morgan fingerprint density at radius 3 is 2.45 bits per heavy atom. The Bertz CT molecular complexity index is 1040. The van der Waals surface area contributed by atoms with Gasteiger partial charge in [0.2, 0.25) is 5.91 Å². The van der Waals surface area contributed by atoms with Crippen LogP contribution in [0.3, 0.4) is 0 Å². The monoisotopic (exact) mass is 420 g/mol. The van der Waals surface area contributed by atoms with Gasteiger partial charge in [0.25, 0.3) is 5.91 Å². The van der Waals surface area contributed by atoms with E-state index in [1.807, 2.05) is 41.3 Å². The first-order valence-corrected chi connectivity index (χ1v) is 10.2. The molecule has 2 amide bonds. The molecule has 1 aromatic heterocycles. The molecule has 1 fully saturated rings. The van der Waals surface area contributed by atoms with Crippen LogP contribution in [0.25, 0.3) is 5.69 Å². The van der Waals surface area contributed by atoms with E-state index in [-0.39, 0.29) is 11.8 Å². The summed E-state index contributed by atoms with van der Waals surface area (Å²) in [7, 11) is 1.56. The molecule has 160 valence electrons. The van der Waals surface area contributed by atoms with E-state index in [2.05, 4.69) is 15.5 Å². The minimum absolute atomic E-state index is 0.0572. The van der Waals surface area contributed by atoms with E-state index >= 15 is 0 Å². The molecule has 0 atom stereocenters. The molecule has 9 nitrogen and oxygen atoms in total. The number of hydrogen-bond acceptors (Lipinski definition) is 6. The zero-order valence-corrected chi connectivity index (χ0v) is 17.3. The molecule has 0 bridgehead atoms. The lowest BCUT2D eigenvalue weighted by Gasteiger charge is -2.23. The predicted molar refractivity (Wildman–Crippen MR) is 113 cm³/mol. The lowest BCUT2D eigenvalue weighted by Crippen LogP contribution is -2.38. The summed E-state index contributed by atoms with van der Waals surface area (Å²) in [5.74, 6) is 0.557. The summed E-state index contributed by atoms with van der Waals surface area (Å²) in [6.07, 6.45) is 2.58. The highest BCUT2D eigenvalue weighted by Crippen LogP contribution is 2.20. The molecule has 0 N–H and O–H groups in total. The van der Waals surface area contributed by atoms with Crippen LogP contribution in [0, 0.1) is 0 Å². The van der Waals surface area contributed by atoms with Crippen molar-refractivity contribution < 1.29 is 14.3 Å². The summed E-state index contributed by atoms with van der Waals surface area (Å²) in [6.45, 7) is 2.27. The Morgan fingerprint density at radius 1 is 0.968 bits per heavy atom. The lowest BCUT2D eigenvalue weighted by molar-refractivity contribution is -0.130. The van der Waals surface area contributed by atoms with Gasteiger partial charge < -0.3 is 14.5 Å². The smallest absolute Gasteiger partial charge is 0.257 e. The standard InChI is InChI=1S/C22H24N6O3/c1-31-20-6-3-2-5-19(20)22(30)27-12-4-11-26(13-14-27)21(29)15-17-7-9-18(10-8-17)28-16-23-24-25-28/h2-3,5-10,16H,4,11-15H2,1H3. The van der Waals surface area contributed by atoms with Crippen LogP contribution in [0.2, 0.25) is 0 Å². The Hall–Kier alpha value is -3.75. The second-order valence-electron chi connectivity index (χ2n) is 7.32. The third-order valence-corrected chi connectivity index (χ3v) is 5.38. The molecule has 1 aliphatic heterocycles. The van der Waals surface area contributed by atoms with Crippen LogP contribution in [0.4, 0.5) is 0 Å². The van der Waals surface area contributed by atoms with Crippen molar-refractivity contribution in [1.82, 2.24) is 30.0 Å². The SMILES string of the molecule is COc1ccccc1C(=O)N1CCCN(C(=O)Cc2ccc(-n3cnnn3)cc2)CC1. The molecule has 0 aliphatic carbocycles. The number of para-hydroxylation sites is 1. The number of carbonyl (C=O) groups is 2. The summed E-state index contributed by atoms with van der Waals surface area (Å²) in [6, 6.07) is 14.8. The van der Waals surface area contributed by atoms with Gasteiger partial charge in [-0.1, -0.05) is 24.3 Å². The van der Waals surface area contributed by atoms with Gasteiger partial charge in [0.1, 0.15) is 12.1 Å². The van der Waals surface area contributed by atoms with Crippen LogP contribution >= 0.6 is 0 Å². The maximum absolute atomic E-state index is 13.0. The molecule has 0 unspecified atom stereocenters. The van der Waals surface area contributed by atoms with Crippen LogP contribution in [-0.2, 0) is 11.2 Å². The van der Waals surface area contributed by atoms with Crippen LogP contribution in [0.15, 0.2) is 54.9 Å². The molecule has 2 heterocycles. The molecular weight excluding hydrogens is 396 g/mol. The van der Waals surface area contributed by atoms with E-state index in [4.69, 9.17) is 4.74 Å². The van der Waals surface area contributed by atoms with Crippen molar-refractivity contribution in [2.75, 3.05) is 33.3 Å². The van der Waals surface area contributed by atoms with Crippen molar-refractivity contribution in [3.05, 3.63) is 66.0 Å². The van der Waals surface area contributed by atoms with Gasteiger partial charge in [-0.2, -0.15) is 0 Å². The number of rotatable bonds is 5. The van der Waals surface area contributed by atoms with E-state index < -0.39 is 0 Å². The number of methoxy groups -OCH3 is 1. The van der Waals surface area contributed by atoms with Crippen molar-refractivity contribution in [1.29, 1.82) is 0 Å². The van der Waals surface area contributed by atoms with E-state index in [0.29, 0.717) is 43.9 Å². The number of nitrogens with zero attached hydrogens (tertiary/aromatic N) is 6. The molecule has 3 aromatic rings. The van der Waals surface area contributed by atoms with Gasteiger partial charge in [-0.3, -0.25) is 9.59 Å². The maximum Gasteiger partial charge on any atom is 0.257 e. The highest BCUT2D eigenvalue weighted by atomic mass is 16.5. The highest BCUT2D eigenvalue weighted by molar-refractivity contribution is 5.97. The Morgan fingerprint density at radius 2 is 1.71 bits per heavy atom. The second-order valence-corrected chi connectivity index (χ2v) is 7.32. The van der Waals surface area contributed by atoms with Crippen molar-refractivity contribution in [3.8, 4) is 11.4 Å². The molecule has 1 aliphatic rings. The number of ether oxygens (including phenoxy) is 1. The van der Waals surface area contributed by atoms with E-state index in [1.165, 1.54) is 6.33 Å². The van der Waals surface area contributed by atoms with Gasteiger partial charge in [0.05, 0.1) is 24.8 Å². The van der Waals surface area contributed by atoms with Gasteiger partial charge in [-0.15, -0.1) is 5.10 Å². The number of tetrazole rings is 1. The molecule has 9 heteroatoms. The first-order valence-electron chi connectivity index (χ1n) is 10.2. The summed E-state index contributed by atoms with van der Waals surface area (Å²) < 4.78 is 6.89. The van der Waals surface area contributed by atoms with E-state index in [1.54, 1.807) is 28.8 Å². The molecule has 0 saturated carbocycles. The normalized spacial score (nSPS) is 14.2. The Labute approximate surface area is 180 Å². The molecule has 31 heavy (non-hydrogen) atoms. The maximum atomic E-state index is 13.0. The average Bonchev–Trinajstić information content (AvgIpc) is 3.23. The summed E-state index contributed by atoms with van der Waals surface area (Å²) in [5, 5.41) is 11.1. The fraction of sp³-hybridized carbons (Fsp3) is 0.318. The lowest BCUT2D eigenvalue weighted by atomic mass is 10.1. The van der Waals surface area contributed by atoms with Crippen molar-refractivity contribution >= 4 is 11.8 Å². The number of benzene rings is 2. The third-order valence-electron chi connectivity index (χ3n) is 5.38. The first-order chi connectivity index (χ1) is 15.2. The number of amides is 2. The van der Waals surface area contributed by atoms with Gasteiger partial charge in [-0.05, 0) is 46.7 Å². The highest BCUT2D eigenvalue weighted by Gasteiger charge is 2.24. The molecular formula is C22H24N6O3. The van der Waals surface area contributed by atoms with Crippen LogP contribution in [0.1, 0.15) is 22.3 Å². The molecule has 1 saturated heterocycles. The third kappa shape index (κ3) is 4.71. The summed E-state index contributed by atoms with van der Waals surface area (Å²) in [5.41, 5.74) is 2.31. The largest absolute Gasteiger partial charge is 0.496 e. The molecule has 0 radical (unpaired) electrons. The predicted octanol–water partition coefficient (Wildman–Crippen LogP) is 1.59.